The Bertz CT molecular complexity index is 810. The number of aryl methyl sites for hydroxylation is 1. The van der Waals surface area contributed by atoms with Gasteiger partial charge in [-0.3, -0.25) is 0 Å². The van der Waals surface area contributed by atoms with Gasteiger partial charge >= 0.3 is 0 Å². The van der Waals surface area contributed by atoms with E-state index in [4.69, 9.17) is 13.7 Å². The molecule has 0 saturated heterocycles. The molecule has 0 aliphatic carbocycles. The highest BCUT2D eigenvalue weighted by molar-refractivity contribution is 5.64. The zero-order valence-corrected chi connectivity index (χ0v) is 14.2. The van der Waals surface area contributed by atoms with Crippen LogP contribution in [0.4, 0.5) is 0 Å². The SMILES string of the molecule is Cc1nnc(-c2cccc(-c3nc(C(C)OCC(C)C)no3)c2)o1. The summed E-state index contributed by atoms with van der Waals surface area (Å²) in [6, 6.07) is 7.54. The van der Waals surface area contributed by atoms with Gasteiger partial charge in [0.05, 0.1) is 0 Å². The highest BCUT2D eigenvalue weighted by atomic mass is 16.5. The molecule has 0 radical (unpaired) electrons. The molecule has 3 aromatic rings. The van der Waals surface area contributed by atoms with E-state index in [9.17, 15) is 0 Å². The molecule has 0 N–H and O–H groups in total. The highest BCUT2D eigenvalue weighted by Crippen LogP contribution is 2.26. The monoisotopic (exact) mass is 328 g/mol. The lowest BCUT2D eigenvalue weighted by Gasteiger charge is -2.10. The summed E-state index contributed by atoms with van der Waals surface area (Å²) >= 11 is 0. The third kappa shape index (κ3) is 3.68. The van der Waals surface area contributed by atoms with Gasteiger partial charge in [-0.1, -0.05) is 25.1 Å². The van der Waals surface area contributed by atoms with E-state index in [1.165, 1.54) is 0 Å². The quantitative estimate of drug-likeness (QED) is 0.679. The Morgan fingerprint density at radius 1 is 1.08 bits per heavy atom. The lowest BCUT2D eigenvalue weighted by molar-refractivity contribution is 0.0402. The predicted molar refractivity (Wildman–Crippen MR) is 87.0 cm³/mol. The molecule has 2 aromatic heterocycles. The van der Waals surface area contributed by atoms with Gasteiger partial charge in [0.15, 0.2) is 0 Å². The molecule has 0 aliphatic heterocycles. The van der Waals surface area contributed by atoms with E-state index < -0.39 is 0 Å². The summed E-state index contributed by atoms with van der Waals surface area (Å²) in [6.45, 7) is 8.51. The third-order valence-corrected chi connectivity index (χ3v) is 3.37. The molecule has 24 heavy (non-hydrogen) atoms. The van der Waals surface area contributed by atoms with Gasteiger partial charge in [-0.05, 0) is 31.0 Å². The predicted octanol–water partition coefficient (Wildman–Crippen LogP) is 3.83. The van der Waals surface area contributed by atoms with E-state index in [2.05, 4.69) is 34.2 Å². The molecule has 3 rings (SSSR count). The summed E-state index contributed by atoms with van der Waals surface area (Å²) in [5.41, 5.74) is 1.59. The van der Waals surface area contributed by atoms with Crippen LogP contribution in [0.25, 0.3) is 22.9 Å². The fourth-order valence-corrected chi connectivity index (χ4v) is 2.13. The first kappa shape index (κ1) is 16.3. The molecule has 126 valence electrons. The van der Waals surface area contributed by atoms with Gasteiger partial charge in [0.25, 0.3) is 5.89 Å². The van der Waals surface area contributed by atoms with Crippen LogP contribution in [-0.4, -0.2) is 26.9 Å². The largest absolute Gasteiger partial charge is 0.421 e. The molecule has 0 spiro atoms. The summed E-state index contributed by atoms with van der Waals surface area (Å²) in [7, 11) is 0. The maximum atomic E-state index is 5.72. The van der Waals surface area contributed by atoms with E-state index in [0.717, 1.165) is 11.1 Å². The number of hydrogen-bond acceptors (Lipinski definition) is 7. The molecule has 0 aliphatic rings. The topological polar surface area (TPSA) is 87.1 Å². The Morgan fingerprint density at radius 3 is 2.50 bits per heavy atom. The van der Waals surface area contributed by atoms with Crippen molar-refractivity contribution >= 4 is 0 Å². The summed E-state index contributed by atoms with van der Waals surface area (Å²) in [6.07, 6.45) is -0.216. The van der Waals surface area contributed by atoms with Gasteiger partial charge in [-0.25, -0.2) is 0 Å². The molecule has 0 saturated carbocycles. The van der Waals surface area contributed by atoms with Crippen molar-refractivity contribution in [2.45, 2.75) is 33.8 Å². The Kier molecular flexibility index (Phi) is 4.71. The molecular formula is C17H20N4O3. The fraction of sp³-hybridized carbons (Fsp3) is 0.412. The number of benzene rings is 1. The second-order valence-electron chi connectivity index (χ2n) is 6.03. The first-order chi connectivity index (χ1) is 11.5. The Balaban J connectivity index is 1.80. The van der Waals surface area contributed by atoms with E-state index >= 15 is 0 Å². The van der Waals surface area contributed by atoms with E-state index in [1.807, 2.05) is 31.2 Å². The van der Waals surface area contributed by atoms with Crippen LogP contribution in [0, 0.1) is 12.8 Å². The highest BCUT2D eigenvalue weighted by Gasteiger charge is 2.17. The minimum Gasteiger partial charge on any atom is -0.421 e. The van der Waals surface area contributed by atoms with Crippen LogP contribution in [-0.2, 0) is 4.74 Å². The van der Waals surface area contributed by atoms with Crippen molar-refractivity contribution < 1.29 is 13.7 Å². The molecule has 1 aromatic carbocycles. The van der Waals surface area contributed by atoms with Crippen molar-refractivity contribution in [2.75, 3.05) is 6.61 Å². The maximum Gasteiger partial charge on any atom is 0.258 e. The average Bonchev–Trinajstić information content (AvgIpc) is 3.22. The molecule has 0 fully saturated rings. The van der Waals surface area contributed by atoms with Crippen molar-refractivity contribution in [1.82, 2.24) is 20.3 Å². The first-order valence-electron chi connectivity index (χ1n) is 7.89. The van der Waals surface area contributed by atoms with E-state index in [0.29, 0.717) is 36.0 Å². The van der Waals surface area contributed by atoms with Crippen LogP contribution in [0.5, 0.6) is 0 Å². The normalized spacial score (nSPS) is 12.7. The summed E-state index contributed by atoms with van der Waals surface area (Å²) in [4.78, 5) is 4.43. The zero-order valence-electron chi connectivity index (χ0n) is 14.2. The molecule has 2 heterocycles. The minimum atomic E-state index is -0.216. The number of hydrogen-bond donors (Lipinski definition) is 0. The molecular weight excluding hydrogens is 308 g/mol. The van der Waals surface area contributed by atoms with Crippen LogP contribution in [0.15, 0.2) is 33.2 Å². The Labute approximate surface area is 140 Å². The lowest BCUT2D eigenvalue weighted by atomic mass is 10.1. The van der Waals surface area contributed by atoms with Crippen LogP contribution in [0.1, 0.15) is 38.6 Å². The number of aromatic nitrogens is 4. The molecule has 7 nitrogen and oxygen atoms in total. The van der Waals surface area contributed by atoms with Gasteiger partial charge in [-0.15, -0.1) is 10.2 Å². The number of ether oxygens (including phenoxy) is 1. The second-order valence-corrected chi connectivity index (χ2v) is 6.03. The summed E-state index contributed by atoms with van der Waals surface area (Å²) < 4.78 is 16.5. The second kappa shape index (κ2) is 6.92. The average molecular weight is 328 g/mol. The van der Waals surface area contributed by atoms with Gasteiger partial charge in [0.2, 0.25) is 17.6 Å². The Hall–Kier alpha value is -2.54. The maximum absolute atomic E-state index is 5.72. The number of rotatable bonds is 6. The minimum absolute atomic E-state index is 0.216. The number of nitrogens with zero attached hydrogens (tertiary/aromatic N) is 4. The van der Waals surface area contributed by atoms with Crippen molar-refractivity contribution in [1.29, 1.82) is 0 Å². The van der Waals surface area contributed by atoms with E-state index in [1.54, 1.807) is 6.92 Å². The molecule has 0 bridgehead atoms. The molecule has 0 amide bonds. The smallest absolute Gasteiger partial charge is 0.258 e. The van der Waals surface area contributed by atoms with Crippen LogP contribution < -0.4 is 0 Å². The first-order valence-corrected chi connectivity index (χ1v) is 7.89. The fourth-order valence-electron chi connectivity index (χ4n) is 2.13. The summed E-state index contributed by atoms with van der Waals surface area (Å²) in [5, 5.41) is 11.9. The standard InChI is InChI=1S/C17H20N4O3/c1-10(2)9-22-11(3)15-18-16(24-21-15)13-6-5-7-14(8-13)17-20-19-12(4)23-17/h5-8,10-11H,9H2,1-4H3. The molecule has 7 heteroatoms. The van der Waals surface area contributed by atoms with Gasteiger partial charge in [0.1, 0.15) is 6.10 Å². The van der Waals surface area contributed by atoms with E-state index in [-0.39, 0.29) is 6.10 Å². The van der Waals surface area contributed by atoms with Crippen molar-refractivity contribution in [3.8, 4) is 22.9 Å². The summed E-state index contributed by atoms with van der Waals surface area (Å²) in [5.74, 6) is 2.40. The third-order valence-electron chi connectivity index (χ3n) is 3.37. The van der Waals surface area contributed by atoms with Gasteiger partial charge < -0.3 is 13.7 Å². The zero-order chi connectivity index (χ0) is 17.1. The van der Waals surface area contributed by atoms with Crippen LogP contribution in [0.2, 0.25) is 0 Å². The van der Waals surface area contributed by atoms with Crippen molar-refractivity contribution in [3.05, 3.63) is 36.0 Å². The molecule has 1 atom stereocenters. The molecule has 1 unspecified atom stereocenters. The van der Waals surface area contributed by atoms with Crippen molar-refractivity contribution in [3.63, 3.8) is 0 Å². The lowest BCUT2D eigenvalue weighted by Crippen LogP contribution is -2.07. The van der Waals surface area contributed by atoms with Gasteiger partial charge in [-0.2, -0.15) is 4.98 Å². The van der Waals surface area contributed by atoms with Gasteiger partial charge in [0, 0.05) is 24.7 Å². The Morgan fingerprint density at radius 2 is 1.83 bits per heavy atom. The van der Waals surface area contributed by atoms with Crippen LogP contribution >= 0.6 is 0 Å². The van der Waals surface area contributed by atoms with Crippen LogP contribution in [0.3, 0.4) is 0 Å². The van der Waals surface area contributed by atoms with Crippen molar-refractivity contribution in [2.24, 2.45) is 5.92 Å².